The molecular formula is C18H28N2O. The number of carbonyl (C=O) groups excluding carboxylic acids is 1. The largest absolute Gasteiger partial charge is 0.355 e. The van der Waals surface area contributed by atoms with Crippen LogP contribution in [0.2, 0.25) is 0 Å². The summed E-state index contributed by atoms with van der Waals surface area (Å²) in [4.78, 5) is 12.7. The zero-order valence-electron chi connectivity index (χ0n) is 13.3. The molecule has 1 saturated carbocycles. The highest BCUT2D eigenvalue weighted by atomic mass is 16.1. The highest BCUT2D eigenvalue weighted by Crippen LogP contribution is 2.47. The fourth-order valence-electron chi connectivity index (χ4n) is 3.02. The molecule has 0 saturated heterocycles. The highest BCUT2D eigenvalue weighted by molar-refractivity contribution is 5.84. The lowest BCUT2D eigenvalue weighted by Crippen LogP contribution is -2.37. The van der Waals surface area contributed by atoms with Gasteiger partial charge < -0.3 is 11.1 Å². The molecule has 1 aliphatic carbocycles. The van der Waals surface area contributed by atoms with Crippen molar-refractivity contribution < 1.29 is 4.79 Å². The van der Waals surface area contributed by atoms with Crippen LogP contribution in [0.4, 0.5) is 0 Å². The first kappa shape index (κ1) is 16.0. The fourth-order valence-corrected chi connectivity index (χ4v) is 3.02. The molecule has 1 amide bonds. The molecule has 3 N–H and O–H groups in total. The number of carbonyl (C=O) groups is 1. The summed E-state index contributed by atoms with van der Waals surface area (Å²) < 4.78 is 0. The summed E-state index contributed by atoms with van der Waals surface area (Å²) in [5, 5.41) is 3.19. The molecular weight excluding hydrogens is 260 g/mol. The van der Waals surface area contributed by atoms with Crippen LogP contribution in [0.25, 0.3) is 0 Å². The topological polar surface area (TPSA) is 55.1 Å². The van der Waals surface area contributed by atoms with Crippen LogP contribution in [-0.2, 0) is 4.79 Å². The molecule has 0 bridgehead atoms. The molecule has 3 heteroatoms. The van der Waals surface area contributed by atoms with Crippen LogP contribution < -0.4 is 11.1 Å². The number of nitrogens with one attached hydrogen (secondary N) is 1. The van der Waals surface area contributed by atoms with Crippen LogP contribution in [0.3, 0.4) is 0 Å². The van der Waals surface area contributed by atoms with Crippen molar-refractivity contribution in [2.75, 3.05) is 13.1 Å². The van der Waals surface area contributed by atoms with Gasteiger partial charge in [-0.15, -0.1) is 0 Å². The number of hydrogen-bond donors (Lipinski definition) is 2. The first-order valence-corrected chi connectivity index (χ1v) is 8.14. The highest BCUT2D eigenvalue weighted by Gasteiger charge is 2.42. The summed E-state index contributed by atoms with van der Waals surface area (Å²) in [7, 11) is 0. The maximum atomic E-state index is 12.7. The van der Waals surface area contributed by atoms with Gasteiger partial charge in [0.2, 0.25) is 5.91 Å². The standard InChI is InChI=1S/C18H28N2O/c1-3-14(2)16(15-7-5-4-6-8-15)17(21)20-13-18(9-10-18)11-12-19/h4-8,14,16H,3,9-13,19H2,1-2H3,(H,20,21). The van der Waals surface area contributed by atoms with Crippen LogP contribution in [-0.4, -0.2) is 19.0 Å². The van der Waals surface area contributed by atoms with E-state index in [1.165, 1.54) is 12.8 Å². The van der Waals surface area contributed by atoms with Gasteiger partial charge in [-0.3, -0.25) is 4.79 Å². The van der Waals surface area contributed by atoms with Gasteiger partial charge in [0, 0.05) is 6.54 Å². The molecule has 0 spiro atoms. The van der Waals surface area contributed by atoms with E-state index in [4.69, 9.17) is 5.73 Å². The maximum absolute atomic E-state index is 12.7. The maximum Gasteiger partial charge on any atom is 0.227 e. The second kappa shape index (κ2) is 7.08. The molecule has 3 nitrogen and oxygen atoms in total. The lowest BCUT2D eigenvalue weighted by molar-refractivity contribution is -0.124. The molecule has 116 valence electrons. The average Bonchev–Trinajstić information content (AvgIpc) is 3.27. The predicted octanol–water partition coefficient (Wildman–Crippen LogP) is 3.06. The van der Waals surface area contributed by atoms with Gasteiger partial charge in [0.05, 0.1) is 5.92 Å². The molecule has 0 radical (unpaired) electrons. The van der Waals surface area contributed by atoms with Crippen molar-refractivity contribution in [2.24, 2.45) is 17.1 Å². The normalized spacial score (nSPS) is 18.8. The summed E-state index contributed by atoms with van der Waals surface area (Å²) in [6.45, 7) is 5.79. The Labute approximate surface area is 128 Å². The summed E-state index contributed by atoms with van der Waals surface area (Å²) in [6, 6.07) is 10.1. The van der Waals surface area contributed by atoms with Gasteiger partial charge in [0.1, 0.15) is 0 Å². The quantitative estimate of drug-likeness (QED) is 0.772. The summed E-state index contributed by atoms with van der Waals surface area (Å²) in [6.07, 6.45) is 4.42. The third-order valence-corrected chi connectivity index (χ3v) is 4.92. The molecule has 1 fully saturated rings. The zero-order chi connectivity index (χ0) is 15.3. The van der Waals surface area contributed by atoms with Crippen molar-refractivity contribution in [3.8, 4) is 0 Å². The summed E-state index contributed by atoms with van der Waals surface area (Å²) >= 11 is 0. The van der Waals surface area contributed by atoms with Gasteiger partial charge >= 0.3 is 0 Å². The van der Waals surface area contributed by atoms with Gasteiger partial charge in [-0.2, -0.15) is 0 Å². The van der Waals surface area contributed by atoms with Crippen molar-refractivity contribution in [1.29, 1.82) is 0 Å². The van der Waals surface area contributed by atoms with E-state index in [0.717, 1.165) is 24.9 Å². The number of benzene rings is 1. The van der Waals surface area contributed by atoms with Gasteiger partial charge in [-0.05, 0) is 42.7 Å². The Morgan fingerprint density at radius 1 is 1.33 bits per heavy atom. The number of amides is 1. The van der Waals surface area contributed by atoms with Crippen molar-refractivity contribution in [3.63, 3.8) is 0 Å². The van der Waals surface area contributed by atoms with E-state index < -0.39 is 0 Å². The van der Waals surface area contributed by atoms with Crippen molar-refractivity contribution in [1.82, 2.24) is 5.32 Å². The predicted molar refractivity (Wildman–Crippen MR) is 87.0 cm³/mol. The summed E-state index contributed by atoms with van der Waals surface area (Å²) in [5.41, 5.74) is 7.08. The number of rotatable bonds is 8. The van der Waals surface area contributed by atoms with E-state index in [1.807, 2.05) is 18.2 Å². The molecule has 1 aliphatic rings. The van der Waals surface area contributed by atoms with E-state index >= 15 is 0 Å². The molecule has 0 heterocycles. The van der Waals surface area contributed by atoms with E-state index in [1.54, 1.807) is 0 Å². The Morgan fingerprint density at radius 2 is 2.00 bits per heavy atom. The monoisotopic (exact) mass is 288 g/mol. The number of nitrogens with two attached hydrogens (primary N) is 1. The van der Waals surface area contributed by atoms with Crippen molar-refractivity contribution in [3.05, 3.63) is 35.9 Å². The third kappa shape index (κ3) is 4.07. The Kier molecular flexibility index (Phi) is 5.40. The molecule has 2 rings (SSSR count). The van der Waals surface area contributed by atoms with E-state index in [9.17, 15) is 4.79 Å². The SMILES string of the molecule is CCC(C)C(C(=O)NCC1(CCN)CC1)c1ccccc1. The molecule has 2 atom stereocenters. The van der Waals surface area contributed by atoms with Crippen LogP contribution in [0, 0.1) is 11.3 Å². The minimum atomic E-state index is -0.0510. The number of hydrogen-bond acceptors (Lipinski definition) is 2. The molecule has 1 aromatic rings. The second-order valence-electron chi connectivity index (χ2n) is 6.53. The minimum Gasteiger partial charge on any atom is -0.355 e. The Morgan fingerprint density at radius 3 is 2.52 bits per heavy atom. The van der Waals surface area contributed by atoms with Crippen molar-refractivity contribution >= 4 is 5.91 Å². The van der Waals surface area contributed by atoms with Gasteiger partial charge in [0.15, 0.2) is 0 Å². The Bertz CT molecular complexity index is 454. The van der Waals surface area contributed by atoms with Gasteiger partial charge in [0.25, 0.3) is 0 Å². The van der Waals surface area contributed by atoms with Gasteiger partial charge in [-0.1, -0.05) is 50.6 Å². The zero-order valence-corrected chi connectivity index (χ0v) is 13.3. The molecule has 1 aromatic carbocycles. The average molecular weight is 288 g/mol. The molecule has 2 unspecified atom stereocenters. The van der Waals surface area contributed by atoms with E-state index in [2.05, 4.69) is 31.3 Å². The molecule has 21 heavy (non-hydrogen) atoms. The Hall–Kier alpha value is -1.35. The molecule has 0 aromatic heterocycles. The Balaban J connectivity index is 2.02. The lowest BCUT2D eigenvalue weighted by Gasteiger charge is -2.24. The van der Waals surface area contributed by atoms with Crippen LogP contribution >= 0.6 is 0 Å². The first-order valence-electron chi connectivity index (χ1n) is 8.14. The van der Waals surface area contributed by atoms with E-state index in [0.29, 0.717) is 17.9 Å². The van der Waals surface area contributed by atoms with Crippen LogP contribution in [0.1, 0.15) is 51.0 Å². The molecule has 0 aliphatic heterocycles. The summed E-state index contributed by atoms with van der Waals surface area (Å²) in [5.74, 6) is 0.459. The third-order valence-electron chi connectivity index (χ3n) is 4.92. The lowest BCUT2D eigenvalue weighted by atomic mass is 9.84. The smallest absolute Gasteiger partial charge is 0.227 e. The van der Waals surface area contributed by atoms with Crippen LogP contribution in [0.5, 0.6) is 0 Å². The van der Waals surface area contributed by atoms with E-state index in [-0.39, 0.29) is 11.8 Å². The first-order chi connectivity index (χ1) is 10.1. The van der Waals surface area contributed by atoms with Gasteiger partial charge in [-0.25, -0.2) is 0 Å². The van der Waals surface area contributed by atoms with Crippen molar-refractivity contribution in [2.45, 2.75) is 45.4 Å². The second-order valence-corrected chi connectivity index (χ2v) is 6.53. The fraction of sp³-hybridized carbons (Fsp3) is 0.611. The minimum absolute atomic E-state index is 0.0510. The van der Waals surface area contributed by atoms with Crippen LogP contribution in [0.15, 0.2) is 30.3 Å².